The summed E-state index contributed by atoms with van der Waals surface area (Å²) in [5.74, 6) is -4.86. The zero-order chi connectivity index (χ0) is 14.5. The number of hydrogen-bond acceptors (Lipinski definition) is 2. The predicted molar refractivity (Wildman–Crippen MR) is 68.9 cm³/mol. The average molecular weight is 286 g/mol. The fourth-order valence-electron chi connectivity index (χ4n) is 2.30. The van der Waals surface area contributed by atoms with Crippen molar-refractivity contribution in [2.45, 2.75) is 19.3 Å². The molecule has 1 aromatic rings. The summed E-state index contributed by atoms with van der Waals surface area (Å²) in [6.45, 7) is 3.49. The number of nitrogens with zero attached hydrogens (tertiary/aromatic N) is 1. The van der Waals surface area contributed by atoms with Gasteiger partial charge in [-0.2, -0.15) is 0 Å². The molecule has 1 saturated heterocycles. The number of likely N-dealkylation sites (tertiary alicyclic amines) is 1. The van der Waals surface area contributed by atoms with E-state index in [-0.39, 0.29) is 5.56 Å². The lowest BCUT2D eigenvalue weighted by Gasteiger charge is -2.14. The Morgan fingerprint density at radius 1 is 1.15 bits per heavy atom. The predicted octanol–water partition coefficient (Wildman–Crippen LogP) is 2.32. The number of amides is 1. The molecule has 3 nitrogen and oxygen atoms in total. The van der Waals surface area contributed by atoms with Gasteiger partial charge < -0.3 is 10.2 Å². The Balaban J connectivity index is 1.79. The van der Waals surface area contributed by atoms with Gasteiger partial charge in [-0.3, -0.25) is 4.79 Å². The van der Waals surface area contributed by atoms with E-state index in [9.17, 15) is 18.0 Å². The maximum Gasteiger partial charge on any atom is 0.251 e. The fourth-order valence-corrected chi connectivity index (χ4v) is 2.30. The number of benzene rings is 1. The minimum atomic E-state index is -1.56. The third-order valence-electron chi connectivity index (χ3n) is 3.38. The number of carbonyl (C=O) groups is 1. The van der Waals surface area contributed by atoms with Crippen LogP contribution in [0, 0.1) is 17.5 Å². The van der Waals surface area contributed by atoms with E-state index in [0.29, 0.717) is 18.7 Å². The highest BCUT2D eigenvalue weighted by molar-refractivity contribution is 5.94. The van der Waals surface area contributed by atoms with Gasteiger partial charge in [0.05, 0.1) is 0 Å². The lowest BCUT2D eigenvalue weighted by molar-refractivity contribution is 0.0951. The lowest BCUT2D eigenvalue weighted by atomic mass is 10.2. The van der Waals surface area contributed by atoms with Gasteiger partial charge in [0, 0.05) is 12.1 Å². The highest BCUT2D eigenvalue weighted by atomic mass is 19.2. The third-order valence-corrected chi connectivity index (χ3v) is 3.38. The first kappa shape index (κ1) is 14.8. The first-order chi connectivity index (χ1) is 9.58. The lowest BCUT2D eigenvalue weighted by Crippen LogP contribution is -2.28. The van der Waals surface area contributed by atoms with E-state index >= 15 is 0 Å². The average Bonchev–Trinajstić information content (AvgIpc) is 2.93. The molecule has 0 unspecified atom stereocenters. The second-order valence-corrected chi connectivity index (χ2v) is 4.91. The molecule has 20 heavy (non-hydrogen) atoms. The summed E-state index contributed by atoms with van der Waals surface area (Å²) in [6, 6.07) is 1.41. The molecule has 1 amide bonds. The quantitative estimate of drug-likeness (QED) is 0.665. The van der Waals surface area contributed by atoms with E-state index in [0.717, 1.165) is 26.1 Å². The number of hydrogen-bond donors (Lipinski definition) is 1. The van der Waals surface area contributed by atoms with Crippen LogP contribution in [0.5, 0.6) is 0 Å². The molecule has 0 radical (unpaired) electrons. The monoisotopic (exact) mass is 286 g/mol. The van der Waals surface area contributed by atoms with Crippen molar-refractivity contribution < 1.29 is 18.0 Å². The molecule has 0 aromatic heterocycles. The van der Waals surface area contributed by atoms with Gasteiger partial charge in [-0.05, 0) is 51.0 Å². The Morgan fingerprint density at radius 3 is 2.35 bits per heavy atom. The Hall–Kier alpha value is -1.56. The smallest absolute Gasteiger partial charge is 0.251 e. The first-order valence-corrected chi connectivity index (χ1v) is 6.73. The molecule has 0 atom stereocenters. The van der Waals surface area contributed by atoms with Gasteiger partial charge in [0.15, 0.2) is 17.5 Å². The van der Waals surface area contributed by atoms with Crippen LogP contribution >= 0.6 is 0 Å². The number of halogens is 3. The van der Waals surface area contributed by atoms with Gasteiger partial charge in [0.2, 0.25) is 0 Å². The summed E-state index contributed by atoms with van der Waals surface area (Å²) in [4.78, 5) is 14.0. The van der Waals surface area contributed by atoms with E-state index in [4.69, 9.17) is 0 Å². The van der Waals surface area contributed by atoms with Crippen LogP contribution in [-0.4, -0.2) is 37.0 Å². The van der Waals surface area contributed by atoms with Gasteiger partial charge in [0.1, 0.15) is 0 Å². The number of rotatable bonds is 5. The summed E-state index contributed by atoms with van der Waals surface area (Å²) < 4.78 is 38.7. The van der Waals surface area contributed by atoms with Crippen LogP contribution in [0.2, 0.25) is 0 Å². The second kappa shape index (κ2) is 6.74. The SMILES string of the molecule is O=C(NCCCN1CCCC1)c1cc(F)c(F)c(F)c1. The van der Waals surface area contributed by atoms with E-state index < -0.39 is 23.4 Å². The number of carbonyl (C=O) groups excluding carboxylic acids is 1. The summed E-state index contributed by atoms with van der Waals surface area (Å²) in [5, 5.41) is 2.58. The Labute approximate surface area is 115 Å². The van der Waals surface area contributed by atoms with E-state index in [1.807, 2.05) is 0 Å². The Bertz CT molecular complexity index is 464. The minimum absolute atomic E-state index is 0.206. The van der Waals surface area contributed by atoms with Crippen LogP contribution in [-0.2, 0) is 0 Å². The zero-order valence-electron chi connectivity index (χ0n) is 11.1. The molecular formula is C14H17F3N2O. The van der Waals surface area contributed by atoms with Crippen molar-refractivity contribution in [2.75, 3.05) is 26.2 Å². The summed E-state index contributed by atoms with van der Waals surface area (Å²) in [5.41, 5.74) is -0.206. The van der Waals surface area contributed by atoms with Crippen LogP contribution in [0.3, 0.4) is 0 Å². The van der Waals surface area contributed by atoms with Gasteiger partial charge in [-0.25, -0.2) is 13.2 Å². The van der Waals surface area contributed by atoms with Crippen molar-refractivity contribution in [2.24, 2.45) is 0 Å². The van der Waals surface area contributed by atoms with E-state index in [1.165, 1.54) is 12.8 Å². The minimum Gasteiger partial charge on any atom is -0.352 e. The zero-order valence-corrected chi connectivity index (χ0v) is 11.1. The summed E-state index contributed by atoms with van der Waals surface area (Å²) in [7, 11) is 0. The van der Waals surface area contributed by atoms with Crippen LogP contribution in [0.25, 0.3) is 0 Å². The molecule has 1 fully saturated rings. The molecule has 0 saturated carbocycles. The number of nitrogens with one attached hydrogen (secondary N) is 1. The van der Waals surface area contributed by atoms with Crippen molar-refractivity contribution in [3.63, 3.8) is 0 Å². The standard InChI is InChI=1S/C14H17F3N2O/c15-11-8-10(9-12(16)13(11)17)14(20)18-4-3-7-19-5-1-2-6-19/h8-9H,1-7H2,(H,18,20). The van der Waals surface area contributed by atoms with Crippen LogP contribution < -0.4 is 5.32 Å². The fraction of sp³-hybridized carbons (Fsp3) is 0.500. The molecule has 1 aliphatic heterocycles. The maximum absolute atomic E-state index is 13.0. The van der Waals surface area contributed by atoms with Crippen molar-refractivity contribution in [1.82, 2.24) is 10.2 Å². The largest absolute Gasteiger partial charge is 0.352 e. The molecule has 1 aliphatic rings. The van der Waals surface area contributed by atoms with Gasteiger partial charge in [-0.1, -0.05) is 0 Å². The van der Waals surface area contributed by atoms with Gasteiger partial charge in [-0.15, -0.1) is 0 Å². The Morgan fingerprint density at radius 2 is 1.75 bits per heavy atom. The van der Waals surface area contributed by atoms with Gasteiger partial charge >= 0.3 is 0 Å². The van der Waals surface area contributed by atoms with Crippen molar-refractivity contribution in [1.29, 1.82) is 0 Å². The molecule has 1 aromatic carbocycles. The van der Waals surface area contributed by atoms with Crippen LogP contribution in [0.15, 0.2) is 12.1 Å². The van der Waals surface area contributed by atoms with Gasteiger partial charge in [0.25, 0.3) is 5.91 Å². The molecular weight excluding hydrogens is 269 g/mol. The first-order valence-electron chi connectivity index (χ1n) is 6.73. The topological polar surface area (TPSA) is 32.3 Å². The molecule has 0 spiro atoms. The molecule has 1 heterocycles. The molecule has 0 aliphatic carbocycles. The maximum atomic E-state index is 13.0. The van der Waals surface area contributed by atoms with Crippen molar-refractivity contribution >= 4 is 5.91 Å². The van der Waals surface area contributed by atoms with Crippen LogP contribution in [0.1, 0.15) is 29.6 Å². The summed E-state index contributed by atoms with van der Waals surface area (Å²) in [6.07, 6.45) is 3.19. The molecule has 0 bridgehead atoms. The molecule has 1 N–H and O–H groups in total. The molecule has 2 rings (SSSR count). The Kier molecular flexibility index (Phi) is 5.00. The van der Waals surface area contributed by atoms with E-state index in [2.05, 4.69) is 10.2 Å². The highest BCUT2D eigenvalue weighted by Crippen LogP contribution is 2.13. The van der Waals surface area contributed by atoms with Crippen LogP contribution in [0.4, 0.5) is 13.2 Å². The highest BCUT2D eigenvalue weighted by Gasteiger charge is 2.15. The molecule has 6 heteroatoms. The second-order valence-electron chi connectivity index (χ2n) is 4.91. The third kappa shape index (κ3) is 3.72. The van der Waals surface area contributed by atoms with E-state index in [1.54, 1.807) is 0 Å². The molecule has 110 valence electrons. The summed E-state index contributed by atoms with van der Waals surface area (Å²) >= 11 is 0. The normalized spacial score (nSPS) is 15.6. The van der Waals surface area contributed by atoms with Crippen molar-refractivity contribution in [3.05, 3.63) is 35.1 Å². The van der Waals surface area contributed by atoms with Crippen molar-refractivity contribution in [3.8, 4) is 0 Å².